The lowest BCUT2D eigenvalue weighted by molar-refractivity contribution is 0.306. The molecule has 0 fully saturated rings. The van der Waals surface area contributed by atoms with Gasteiger partial charge in [-0.2, -0.15) is 0 Å². The van der Waals surface area contributed by atoms with E-state index in [0.717, 1.165) is 11.1 Å². The molecule has 0 amide bonds. The molecule has 0 radical (unpaired) electrons. The maximum absolute atomic E-state index is 6.11. The lowest BCUT2D eigenvalue weighted by atomic mass is 10.1. The molecular formula is C15H9Cl5O. The maximum atomic E-state index is 6.11. The number of hydrogen-bond donors (Lipinski definition) is 0. The lowest BCUT2D eigenvalue weighted by Crippen LogP contribution is -1.99. The van der Waals surface area contributed by atoms with E-state index in [-0.39, 0.29) is 37.5 Å². The van der Waals surface area contributed by atoms with E-state index in [1.807, 2.05) is 24.3 Å². The predicted molar refractivity (Wildman–Crippen MR) is 92.4 cm³/mol. The Morgan fingerprint density at radius 3 is 1.95 bits per heavy atom. The molecular weight excluding hydrogens is 373 g/mol. The highest BCUT2D eigenvalue weighted by Crippen LogP contribution is 2.48. The minimum absolute atomic E-state index is 0.104. The standard InChI is InChI=1S/C15H9Cl5O/c1-2-8-5-3-4-6-9(8)7-21-15-13(19)11(17)10(16)12(18)14(15)20/h2-6H,1,7H2. The Bertz CT molecular complexity index is 668. The van der Waals surface area contributed by atoms with Crippen molar-refractivity contribution in [1.82, 2.24) is 0 Å². The van der Waals surface area contributed by atoms with Gasteiger partial charge in [0.05, 0.1) is 15.1 Å². The molecule has 0 aromatic heterocycles. The quantitative estimate of drug-likeness (QED) is 0.402. The van der Waals surface area contributed by atoms with E-state index < -0.39 is 0 Å². The summed E-state index contributed by atoms with van der Waals surface area (Å²) in [5, 5.41) is 0.589. The molecule has 0 unspecified atom stereocenters. The maximum Gasteiger partial charge on any atom is 0.160 e. The van der Waals surface area contributed by atoms with Gasteiger partial charge in [0.25, 0.3) is 0 Å². The second kappa shape index (κ2) is 7.13. The zero-order valence-corrected chi connectivity index (χ0v) is 14.4. The number of benzene rings is 2. The summed E-state index contributed by atoms with van der Waals surface area (Å²) in [6.07, 6.45) is 1.74. The van der Waals surface area contributed by atoms with Gasteiger partial charge in [0.1, 0.15) is 16.7 Å². The molecule has 110 valence electrons. The van der Waals surface area contributed by atoms with E-state index in [4.69, 9.17) is 62.7 Å². The second-order valence-corrected chi connectivity index (χ2v) is 5.98. The van der Waals surface area contributed by atoms with Crippen LogP contribution >= 0.6 is 58.0 Å². The lowest BCUT2D eigenvalue weighted by Gasteiger charge is -2.14. The molecule has 0 spiro atoms. The van der Waals surface area contributed by atoms with Crippen molar-refractivity contribution in [2.45, 2.75) is 6.61 Å². The van der Waals surface area contributed by atoms with Crippen LogP contribution in [0.3, 0.4) is 0 Å². The van der Waals surface area contributed by atoms with Gasteiger partial charge in [-0.1, -0.05) is 94.9 Å². The molecule has 2 rings (SSSR count). The SMILES string of the molecule is C=Cc1ccccc1COc1c(Cl)c(Cl)c(Cl)c(Cl)c1Cl. The number of ether oxygens (including phenoxy) is 1. The van der Waals surface area contributed by atoms with Crippen molar-refractivity contribution in [3.05, 3.63) is 67.1 Å². The summed E-state index contributed by atoms with van der Waals surface area (Å²) >= 11 is 30.1. The van der Waals surface area contributed by atoms with Gasteiger partial charge in [0.2, 0.25) is 0 Å². The first kappa shape index (κ1) is 16.8. The molecule has 0 saturated carbocycles. The van der Waals surface area contributed by atoms with Gasteiger partial charge < -0.3 is 4.74 Å². The van der Waals surface area contributed by atoms with E-state index in [0.29, 0.717) is 0 Å². The Morgan fingerprint density at radius 1 is 0.857 bits per heavy atom. The molecule has 6 heteroatoms. The molecule has 0 bridgehead atoms. The number of hydrogen-bond acceptors (Lipinski definition) is 1. The highest BCUT2D eigenvalue weighted by Gasteiger charge is 2.20. The van der Waals surface area contributed by atoms with Crippen LogP contribution in [0.25, 0.3) is 6.08 Å². The first-order chi connectivity index (χ1) is 9.97. The summed E-state index contributed by atoms with van der Waals surface area (Å²) in [4.78, 5) is 0. The number of rotatable bonds is 4. The van der Waals surface area contributed by atoms with E-state index in [9.17, 15) is 0 Å². The van der Waals surface area contributed by atoms with E-state index in [1.165, 1.54) is 0 Å². The first-order valence-corrected chi connectivity index (χ1v) is 7.71. The molecule has 2 aromatic rings. The fourth-order valence-corrected chi connectivity index (χ4v) is 2.96. The van der Waals surface area contributed by atoms with Crippen molar-refractivity contribution in [2.24, 2.45) is 0 Å². The number of halogens is 5. The van der Waals surface area contributed by atoms with E-state index in [1.54, 1.807) is 6.08 Å². The molecule has 21 heavy (non-hydrogen) atoms. The van der Waals surface area contributed by atoms with Crippen LogP contribution in [0.5, 0.6) is 5.75 Å². The summed E-state index contributed by atoms with van der Waals surface area (Å²) in [5.41, 5.74) is 1.89. The van der Waals surface area contributed by atoms with Gasteiger partial charge in [-0.05, 0) is 11.1 Å². The average Bonchev–Trinajstić information content (AvgIpc) is 2.51. The molecule has 0 N–H and O–H groups in total. The Morgan fingerprint density at radius 2 is 1.38 bits per heavy atom. The van der Waals surface area contributed by atoms with Crippen LogP contribution in [-0.2, 0) is 6.61 Å². The fourth-order valence-electron chi connectivity index (χ4n) is 1.73. The largest absolute Gasteiger partial charge is 0.486 e. The summed E-state index contributed by atoms with van der Waals surface area (Å²) in [7, 11) is 0. The molecule has 0 atom stereocenters. The molecule has 2 aromatic carbocycles. The Hall–Kier alpha value is -0.570. The van der Waals surface area contributed by atoms with Gasteiger partial charge >= 0.3 is 0 Å². The zero-order chi connectivity index (χ0) is 15.6. The van der Waals surface area contributed by atoms with Crippen molar-refractivity contribution in [1.29, 1.82) is 0 Å². The summed E-state index contributed by atoms with van der Waals surface area (Å²) in [6.45, 7) is 4.00. The Balaban J connectivity index is 2.35. The first-order valence-electron chi connectivity index (χ1n) is 5.82. The third-order valence-corrected chi connectivity index (χ3v) is 5.06. The summed E-state index contributed by atoms with van der Waals surface area (Å²) < 4.78 is 5.67. The molecule has 0 aliphatic heterocycles. The predicted octanol–water partition coefficient (Wildman–Crippen LogP) is 7.18. The Labute approximate surface area is 148 Å². The average molecular weight is 383 g/mol. The van der Waals surface area contributed by atoms with Crippen molar-refractivity contribution in [2.75, 3.05) is 0 Å². The van der Waals surface area contributed by atoms with E-state index in [2.05, 4.69) is 6.58 Å². The van der Waals surface area contributed by atoms with Crippen LogP contribution in [0, 0.1) is 0 Å². The third-order valence-electron chi connectivity index (χ3n) is 2.82. The topological polar surface area (TPSA) is 9.23 Å². The van der Waals surface area contributed by atoms with Crippen LogP contribution in [-0.4, -0.2) is 0 Å². The van der Waals surface area contributed by atoms with Gasteiger partial charge in [0, 0.05) is 0 Å². The minimum Gasteiger partial charge on any atom is -0.486 e. The van der Waals surface area contributed by atoms with Gasteiger partial charge in [-0.15, -0.1) is 0 Å². The fraction of sp³-hybridized carbons (Fsp3) is 0.0667. The van der Waals surface area contributed by atoms with Crippen molar-refractivity contribution < 1.29 is 4.74 Å². The molecule has 0 saturated heterocycles. The van der Waals surface area contributed by atoms with Crippen LogP contribution in [0.1, 0.15) is 11.1 Å². The van der Waals surface area contributed by atoms with Crippen molar-refractivity contribution in [3.8, 4) is 5.75 Å². The molecule has 0 aliphatic rings. The highest BCUT2D eigenvalue weighted by molar-refractivity contribution is 6.55. The highest BCUT2D eigenvalue weighted by atomic mass is 35.5. The van der Waals surface area contributed by atoms with Crippen LogP contribution < -0.4 is 4.74 Å². The van der Waals surface area contributed by atoms with Crippen molar-refractivity contribution in [3.63, 3.8) is 0 Å². The second-order valence-electron chi connectivity index (χ2n) is 4.09. The van der Waals surface area contributed by atoms with Crippen molar-refractivity contribution >= 4 is 64.1 Å². The summed E-state index contributed by atoms with van der Waals surface area (Å²) in [6, 6.07) is 7.65. The summed E-state index contributed by atoms with van der Waals surface area (Å²) in [5.74, 6) is 0.205. The van der Waals surface area contributed by atoms with Gasteiger partial charge in [0.15, 0.2) is 5.75 Å². The monoisotopic (exact) mass is 380 g/mol. The van der Waals surface area contributed by atoms with Gasteiger partial charge in [-0.3, -0.25) is 0 Å². The van der Waals surface area contributed by atoms with Crippen LogP contribution in [0.4, 0.5) is 0 Å². The molecule has 0 heterocycles. The van der Waals surface area contributed by atoms with E-state index >= 15 is 0 Å². The smallest absolute Gasteiger partial charge is 0.160 e. The zero-order valence-electron chi connectivity index (χ0n) is 10.6. The normalized spacial score (nSPS) is 10.5. The molecule has 1 nitrogen and oxygen atoms in total. The van der Waals surface area contributed by atoms with Crippen LogP contribution in [0.2, 0.25) is 25.1 Å². The Kier molecular flexibility index (Phi) is 5.70. The van der Waals surface area contributed by atoms with Gasteiger partial charge in [-0.25, -0.2) is 0 Å². The molecule has 0 aliphatic carbocycles. The third kappa shape index (κ3) is 3.44. The minimum atomic E-state index is 0.104. The van der Waals surface area contributed by atoms with Crippen LogP contribution in [0.15, 0.2) is 30.8 Å².